The van der Waals surface area contributed by atoms with Crippen molar-refractivity contribution in [2.75, 3.05) is 0 Å². The topological polar surface area (TPSA) is 43.6 Å². The van der Waals surface area contributed by atoms with E-state index < -0.39 is 0 Å². The highest BCUT2D eigenvalue weighted by molar-refractivity contribution is 6.39. The zero-order valence-electron chi connectivity index (χ0n) is 29.1. The minimum Gasteiger partial charge on any atom is -0.309 e. The highest BCUT2D eigenvalue weighted by Crippen LogP contribution is 2.42. The van der Waals surface area contributed by atoms with Gasteiger partial charge in [-0.15, -0.1) is 0 Å². The van der Waals surface area contributed by atoms with Crippen LogP contribution in [0.25, 0.3) is 94.7 Å². The van der Waals surface area contributed by atoms with Gasteiger partial charge in [0.25, 0.3) is 0 Å². The number of aromatic nitrogens is 4. The Bertz CT molecular complexity index is 2990. The van der Waals surface area contributed by atoms with Gasteiger partial charge in [-0.3, -0.25) is 0 Å². The third kappa shape index (κ3) is 5.44. The summed E-state index contributed by atoms with van der Waals surface area (Å²) in [5.74, 6) is 1.79. The van der Waals surface area contributed by atoms with Crippen LogP contribution in [0.15, 0.2) is 188 Å². The molecule has 0 radical (unpaired) electrons. The Morgan fingerprint density at radius 1 is 0.352 bits per heavy atom. The van der Waals surface area contributed by atoms with Crippen LogP contribution >= 0.6 is 11.6 Å². The first-order valence-corrected chi connectivity index (χ1v) is 18.4. The predicted octanol–water partition coefficient (Wildman–Crippen LogP) is 13.1. The standard InChI is InChI=1S/C49H31ClN4/c50-46-38-25-11-10-24-37(38)42(31-41(46)35-21-14-20-34(30-35)32-16-4-1-5-17-32)49-52-47(33-18-6-2-7-19-33)51-48(53-49)40-27-15-29-44-45(40)39-26-12-13-28-43(39)54(44)36-22-8-3-9-23-36/h1-31H. The van der Waals surface area contributed by atoms with E-state index in [1.54, 1.807) is 0 Å². The largest absolute Gasteiger partial charge is 0.309 e. The fourth-order valence-electron chi connectivity index (χ4n) is 7.63. The molecule has 0 N–H and O–H groups in total. The average Bonchev–Trinajstić information content (AvgIpc) is 3.59. The van der Waals surface area contributed by atoms with E-state index in [2.05, 4.69) is 138 Å². The van der Waals surface area contributed by atoms with Crippen LogP contribution in [0.5, 0.6) is 0 Å². The third-order valence-electron chi connectivity index (χ3n) is 10.1. The molecular formula is C49H31ClN4. The van der Waals surface area contributed by atoms with E-state index in [0.717, 1.165) is 77.2 Å². The number of hydrogen-bond donors (Lipinski definition) is 0. The minimum atomic E-state index is 0.580. The molecule has 254 valence electrons. The zero-order chi connectivity index (χ0) is 36.0. The van der Waals surface area contributed by atoms with Crippen LogP contribution in [-0.4, -0.2) is 19.5 Å². The number of benzene rings is 8. The van der Waals surface area contributed by atoms with Gasteiger partial charge in [-0.25, -0.2) is 15.0 Å². The fraction of sp³-hybridized carbons (Fsp3) is 0. The third-order valence-corrected chi connectivity index (χ3v) is 10.5. The second-order valence-corrected chi connectivity index (χ2v) is 13.7. The molecule has 2 aromatic heterocycles. The van der Waals surface area contributed by atoms with E-state index in [1.165, 1.54) is 0 Å². The lowest BCUT2D eigenvalue weighted by atomic mass is 9.94. The van der Waals surface area contributed by atoms with Crippen LogP contribution in [0.3, 0.4) is 0 Å². The molecule has 2 heterocycles. The highest BCUT2D eigenvalue weighted by atomic mass is 35.5. The number of rotatable bonds is 6. The quantitative estimate of drug-likeness (QED) is 0.172. The van der Waals surface area contributed by atoms with Crippen LogP contribution in [0, 0.1) is 0 Å². The molecule has 0 atom stereocenters. The van der Waals surface area contributed by atoms with Gasteiger partial charge in [0.2, 0.25) is 0 Å². The van der Waals surface area contributed by atoms with Gasteiger partial charge in [0.05, 0.1) is 16.1 Å². The van der Waals surface area contributed by atoms with E-state index in [0.29, 0.717) is 22.5 Å². The summed E-state index contributed by atoms with van der Waals surface area (Å²) in [5, 5.41) is 4.82. The lowest BCUT2D eigenvalue weighted by Gasteiger charge is -2.15. The molecule has 10 aromatic rings. The van der Waals surface area contributed by atoms with Gasteiger partial charge in [0.1, 0.15) is 0 Å². The van der Waals surface area contributed by atoms with Crippen molar-refractivity contribution in [2.45, 2.75) is 0 Å². The predicted molar refractivity (Wildman–Crippen MR) is 224 cm³/mol. The molecule has 4 nitrogen and oxygen atoms in total. The Morgan fingerprint density at radius 2 is 0.889 bits per heavy atom. The number of para-hydroxylation sites is 2. The van der Waals surface area contributed by atoms with Crippen molar-refractivity contribution >= 4 is 44.2 Å². The van der Waals surface area contributed by atoms with Crippen LogP contribution in [-0.2, 0) is 0 Å². The van der Waals surface area contributed by atoms with Crippen molar-refractivity contribution in [1.29, 1.82) is 0 Å². The van der Waals surface area contributed by atoms with E-state index in [4.69, 9.17) is 26.6 Å². The van der Waals surface area contributed by atoms with Crippen LogP contribution in [0.2, 0.25) is 5.02 Å². The first kappa shape index (κ1) is 31.8. The Labute approximate surface area is 317 Å². The molecule has 0 unspecified atom stereocenters. The second-order valence-electron chi connectivity index (χ2n) is 13.3. The Kier molecular flexibility index (Phi) is 7.82. The summed E-state index contributed by atoms with van der Waals surface area (Å²) in [4.78, 5) is 15.8. The molecule has 0 spiro atoms. The maximum atomic E-state index is 7.31. The van der Waals surface area contributed by atoms with Crippen LogP contribution < -0.4 is 0 Å². The molecule has 0 amide bonds. The van der Waals surface area contributed by atoms with Gasteiger partial charge < -0.3 is 4.57 Å². The number of hydrogen-bond acceptors (Lipinski definition) is 3. The molecule has 0 aliphatic heterocycles. The van der Waals surface area contributed by atoms with Gasteiger partial charge in [-0.2, -0.15) is 0 Å². The molecular weight excluding hydrogens is 680 g/mol. The van der Waals surface area contributed by atoms with Crippen molar-refractivity contribution in [1.82, 2.24) is 19.5 Å². The lowest BCUT2D eigenvalue weighted by Crippen LogP contribution is -2.01. The van der Waals surface area contributed by atoms with Crippen molar-refractivity contribution < 1.29 is 0 Å². The lowest BCUT2D eigenvalue weighted by molar-refractivity contribution is 1.08. The average molecular weight is 711 g/mol. The molecule has 10 rings (SSSR count). The van der Waals surface area contributed by atoms with Crippen LogP contribution in [0.4, 0.5) is 0 Å². The first-order chi connectivity index (χ1) is 26.7. The zero-order valence-corrected chi connectivity index (χ0v) is 29.8. The summed E-state index contributed by atoms with van der Waals surface area (Å²) < 4.78 is 2.32. The number of fused-ring (bicyclic) bond motifs is 4. The molecule has 0 aliphatic rings. The van der Waals surface area contributed by atoms with Gasteiger partial charge in [0.15, 0.2) is 17.5 Å². The van der Waals surface area contributed by atoms with E-state index in [-0.39, 0.29) is 0 Å². The van der Waals surface area contributed by atoms with Gasteiger partial charge in [0, 0.05) is 44.1 Å². The second kappa shape index (κ2) is 13.3. The Balaban J connectivity index is 1.24. The van der Waals surface area contributed by atoms with Gasteiger partial charge in [-0.1, -0.05) is 163 Å². The molecule has 0 saturated carbocycles. The van der Waals surface area contributed by atoms with Crippen molar-refractivity contribution in [3.05, 3.63) is 193 Å². The van der Waals surface area contributed by atoms with Crippen molar-refractivity contribution in [3.8, 4) is 62.1 Å². The Morgan fingerprint density at radius 3 is 1.65 bits per heavy atom. The van der Waals surface area contributed by atoms with Crippen LogP contribution in [0.1, 0.15) is 0 Å². The summed E-state index contributed by atoms with van der Waals surface area (Å²) in [6.07, 6.45) is 0. The van der Waals surface area contributed by atoms with Gasteiger partial charge in [-0.05, 0) is 58.5 Å². The maximum absolute atomic E-state index is 7.31. The summed E-state index contributed by atoms with van der Waals surface area (Å²) in [7, 11) is 0. The fourth-order valence-corrected chi connectivity index (χ4v) is 7.95. The van der Waals surface area contributed by atoms with Crippen molar-refractivity contribution in [3.63, 3.8) is 0 Å². The number of halogens is 1. The molecule has 0 fully saturated rings. The minimum absolute atomic E-state index is 0.580. The van der Waals surface area contributed by atoms with E-state index >= 15 is 0 Å². The highest BCUT2D eigenvalue weighted by Gasteiger charge is 2.21. The normalized spacial score (nSPS) is 11.4. The molecule has 0 saturated heterocycles. The van der Waals surface area contributed by atoms with E-state index in [1.807, 2.05) is 54.6 Å². The smallest absolute Gasteiger partial charge is 0.164 e. The molecule has 8 aromatic carbocycles. The van der Waals surface area contributed by atoms with Crippen molar-refractivity contribution in [2.24, 2.45) is 0 Å². The Hall–Kier alpha value is -6.88. The molecule has 0 bridgehead atoms. The SMILES string of the molecule is Clc1c(-c2cccc(-c3ccccc3)c2)cc(-c2nc(-c3ccccc3)nc(-c3cccc4c3c3ccccc3n4-c3ccccc3)n2)c2ccccc12. The maximum Gasteiger partial charge on any atom is 0.164 e. The summed E-state index contributed by atoms with van der Waals surface area (Å²) in [6, 6.07) is 64.9. The number of nitrogens with zero attached hydrogens (tertiary/aromatic N) is 4. The first-order valence-electron chi connectivity index (χ1n) is 18.0. The summed E-state index contributed by atoms with van der Waals surface area (Å²) in [6.45, 7) is 0. The molecule has 54 heavy (non-hydrogen) atoms. The summed E-state index contributed by atoms with van der Waals surface area (Å²) >= 11 is 7.31. The summed E-state index contributed by atoms with van der Waals surface area (Å²) in [5.41, 5.74) is 10.2. The monoisotopic (exact) mass is 710 g/mol. The molecule has 0 aliphatic carbocycles. The van der Waals surface area contributed by atoms with E-state index in [9.17, 15) is 0 Å². The molecule has 5 heteroatoms. The van der Waals surface area contributed by atoms with Gasteiger partial charge >= 0.3 is 0 Å².